The monoisotopic (exact) mass is 345 g/mol. The van der Waals surface area contributed by atoms with Crippen LogP contribution in [-0.2, 0) is 16.1 Å². The number of aliphatic hydroxyl groups excluding tert-OH is 1. The van der Waals surface area contributed by atoms with Gasteiger partial charge >= 0.3 is 0 Å². The van der Waals surface area contributed by atoms with Crippen LogP contribution < -0.4 is 5.73 Å². The third-order valence-corrected chi connectivity index (χ3v) is 5.01. The molecule has 1 saturated heterocycles. The molecule has 3 N–H and O–H groups in total. The maximum absolute atomic E-state index is 12.3. The second kappa shape index (κ2) is 7.57. The number of rotatable bonds is 5. The molecule has 2 heterocycles. The molecule has 8 nitrogen and oxygen atoms in total. The van der Waals surface area contributed by atoms with Crippen LogP contribution in [0.15, 0.2) is 12.7 Å². The highest BCUT2D eigenvalue weighted by Gasteiger charge is 2.56. The number of hydrogen-bond acceptors (Lipinski definition) is 6. The highest BCUT2D eigenvalue weighted by Crippen LogP contribution is 2.50. The Morgan fingerprint density at radius 2 is 2.00 bits per heavy atom. The number of nitrogens with two attached hydrogens (primary N) is 1. The van der Waals surface area contributed by atoms with E-state index in [4.69, 9.17) is 10.5 Å². The Kier molecular flexibility index (Phi) is 5.96. The molecule has 1 aliphatic carbocycles. The second-order valence-electron chi connectivity index (χ2n) is 6.15. The molecule has 2 aliphatic rings. The van der Waals surface area contributed by atoms with E-state index in [9.17, 15) is 9.90 Å². The van der Waals surface area contributed by atoms with Crippen LogP contribution in [0.2, 0.25) is 0 Å². The van der Waals surface area contributed by atoms with Crippen molar-refractivity contribution in [3.63, 3.8) is 0 Å². The molecule has 0 unspecified atom stereocenters. The van der Waals surface area contributed by atoms with Gasteiger partial charge in [-0.05, 0) is 12.8 Å². The van der Waals surface area contributed by atoms with Crippen LogP contribution in [0, 0.1) is 5.41 Å². The lowest BCUT2D eigenvalue weighted by atomic mass is 9.58. The van der Waals surface area contributed by atoms with E-state index in [1.54, 1.807) is 4.57 Å². The van der Waals surface area contributed by atoms with Gasteiger partial charge in [0.25, 0.3) is 0 Å². The number of likely N-dealkylation sites (tertiary alicyclic amines) is 1. The lowest BCUT2D eigenvalue weighted by molar-refractivity contribution is -0.210. The highest BCUT2D eigenvalue weighted by atomic mass is 35.5. The minimum absolute atomic E-state index is 0. The number of aliphatic hydroxyl groups is 1. The summed E-state index contributed by atoms with van der Waals surface area (Å²) in [5.41, 5.74) is 5.29. The number of carbonyl (C=O) groups is 1. The summed E-state index contributed by atoms with van der Waals surface area (Å²) in [6.07, 6.45) is 5.04. The van der Waals surface area contributed by atoms with Crippen LogP contribution >= 0.6 is 12.4 Å². The Hall–Kier alpha value is -1.22. The van der Waals surface area contributed by atoms with Gasteiger partial charge in [-0.25, -0.2) is 0 Å². The van der Waals surface area contributed by atoms with Crippen molar-refractivity contribution in [1.29, 1.82) is 0 Å². The Morgan fingerprint density at radius 1 is 1.35 bits per heavy atom. The molecule has 1 spiro atoms. The average molecular weight is 346 g/mol. The van der Waals surface area contributed by atoms with Crippen LogP contribution in [0.3, 0.4) is 0 Å². The highest BCUT2D eigenvalue weighted by molar-refractivity contribution is 5.85. The van der Waals surface area contributed by atoms with Crippen molar-refractivity contribution in [3.8, 4) is 0 Å². The summed E-state index contributed by atoms with van der Waals surface area (Å²) in [7, 11) is 0. The number of aromatic nitrogens is 3. The van der Waals surface area contributed by atoms with Crippen LogP contribution in [0.25, 0.3) is 0 Å². The standard InChI is InChI=1S/C14H23N5O3.ClH/c15-3-6-22-12-7-11(20)14(12)1-4-19(5-2-14)13(21)8-18-9-16-17-10-18;/h9-12,20H,1-8,15H2;1H/t11-,12+;/m1./s1. The molecule has 0 bridgehead atoms. The number of halogens is 1. The Balaban J connectivity index is 0.00000192. The van der Waals surface area contributed by atoms with Gasteiger partial charge in [-0.3, -0.25) is 4.79 Å². The molecular formula is C14H24ClN5O3. The summed E-state index contributed by atoms with van der Waals surface area (Å²) >= 11 is 0. The summed E-state index contributed by atoms with van der Waals surface area (Å²) in [5.74, 6) is 0.0582. The minimum Gasteiger partial charge on any atom is -0.392 e. The number of piperidine rings is 1. The molecule has 9 heteroatoms. The summed E-state index contributed by atoms with van der Waals surface area (Å²) in [6.45, 7) is 2.58. The number of amides is 1. The van der Waals surface area contributed by atoms with Crippen molar-refractivity contribution in [3.05, 3.63) is 12.7 Å². The third-order valence-electron chi connectivity index (χ3n) is 5.01. The maximum atomic E-state index is 12.3. The first-order valence-corrected chi connectivity index (χ1v) is 7.75. The molecule has 2 atom stereocenters. The summed E-state index contributed by atoms with van der Waals surface area (Å²) in [6, 6.07) is 0. The zero-order chi connectivity index (χ0) is 15.6. The summed E-state index contributed by atoms with van der Waals surface area (Å²) < 4.78 is 7.43. The molecule has 3 rings (SSSR count). The topological polar surface area (TPSA) is 106 Å². The molecule has 2 fully saturated rings. The van der Waals surface area contributed by atoms with E-state index in [-0.39, 0.29) is 42.5 Å². The summed E-state index contributed by atoms with van der Waals surface area (Å²) in [4.78, 5) is 14.1. The van der Waals surface area contributed by atoms with Gasteiger partial charge in [-0.2, -0.15) is 0 Å². The van der Waals surface area contributed by atoms with E-state index < -0.39 is 0 Å². The quantitative estimate of drug-likeness (QED) is 0.739. The summed E-state index contributed by atoms with van der Waals surface area (Å²) in [5, 5.41) is 17.6. The fraction of sp³-hybridized carbons (Fsp3) is 0.786. The van der Waals surface area contributed by atoms with E-state index in [1.165, 1.54) is 12.7 Å². The van der Waals surface area contributed by atoms with Crippen LogP contribution in [0.4, 0.5) is 0 Å². The zero-order valence-electron chi connectivity index (χ0n) is 13.0. The van der Waals surface area contributed by atoms with Crippen molar-refractivity contribution in [2.24, 2.45) is 11.1 Å². The molecule has 1 aromatic rings. The van der Waals surface area contributed by atoms with Crippen LogP contribution in [0.1, 0.15) is 19.3 Å². The smallest absolute Gasteiger partial charge is 0.242 e. The third kappa shape index (κ3) is 3.50. The molecule has 130 valence electrons. The molecular weight excluding hydrogens is 322 g/mol. The molecule has 1 amide bonds. The molecule has 1 saturated carbocycles. The van der Waals surface area contributed by atoms with Crippen molar-refractivity contribution in [2.75, 3.05) is 26.2 Å². The fourth-order valence-corrected chi connectivity index (χ4v) is 3.56. The van der Waals surface area contributed by atoms with Gasteiger partial charge in [0.05, 0.1) is 18.8 Å². The molecule has 0 aromatic carbocycles. The largest absolute Gasteiger partial charge is 0.392 e. The first-order chi connectivity index (χ1) is 10.7. The van der Waals surface area contributed by atoms with E-state index >= 15 is 0 Å². The first-order valence-electron chi connectivity index (χ1n) is 7.75. The number of carbonyl (C=O) groups excluding carboxylic acids is 1. The SMILES string of the molecule is Cl.NCCO[C@H]1C[C@@H](O)C12CCN(C(=O)Cn1cnnc1)CC2. The zero-order valence-corrected chi connectivity index (χ0v) is 13.8. The van der Waals surface area contributed by atoms with E-state index in [0.29, 0.717) is 32.7 Å². The molecule has 23 heavy (non-hydrogen) atoms. The second-order valence-corrected chi connectivity index (χ2v) is 6.15. The van der Waals surface area contributed by atoms with Gasteiger partial charge in [0.2, 0.25) is 5.91 Å². The molecule has 0 radical (unpaired) electrons. The van der Waals surface area contributed by atoms with Gasteiger partial charge in [0.1, 0.15) is 19.2 Å². The van der Waals surface area contributed by atoms with Gasteiger partial charge in [-0.1, -0.05) is 0 Å². The molecule has 1 aromatic heterocycles. The maximum Gasteiger partial charge on any atom is 0.242 e. The van der Waals surface area contributed by atoms with Gasteiger partial charge in [0, 0.05) is 31.5 Å². The number of hydrogen-bond donors (Lipinski definition) is 2. The Bertz CT molecular complexity index is 505. The first kappa shape index (κ1) is 18.1. The lowest BCUT2D eigenvalue weighted by Gasteiger charge is -2.56. The Labute approximate surface area is 141 Å². The van der Waals surface area contributed by atoms with Gasteiger partial charge in [0.15, 0.2) is 0 Å². The van der Waals surface area contributed by atoms with Gasteiger partial charge < -0.3 is 25.0 Å². The fourth-order valence-electron chi connectivity index (χ4n) is 3.56. The number of nitrogens with zero attached hydrogens (tertiary/aromatic N) is 4. The number of ether oxygens (including phenoxy) is 1. The van der Waals surface area contributed by atoms with Crippen molar-refractivity contribution in [1.82, 2.24) is 19.7 Å². The lowest BCUT2D eigenvalue weighted by Crippen LogP contribution is -2.63. The van der Waals surface area contributed by atoms with Crippen molar-refractivity contribution in [2.45, 2.75) is 38.0 Å². The van der Waals surface area contributed by atoms with E-state index in [0.717, 1.165) is 12.8 Å². The van der Waals surface area contributed by atoms with E-state index in [1.807, 2.05) is 4.90 Å². The average Bonchev–Trinajstić information content (AvgIpc) is 3.04. The van der Waals surface area contributed by atoms with Crippen molar-refractivity contribution >= 4 is 18.3 Å². The normalized spacial score (nSPS) is 25.7. The predicted octanol–water partition coefficient (Wildman–Crippen LogP) is -0.583. The van der Waals surface area contributed by atoms with Crippen LogP contribution in [0.5, 0.6) is 0 Å². The van der Waals surface area contributed by atoms with Gasteiger partial charge in [-0.15, -0.1) is 22.6 Å². The van der Waals surface area contributed by atoms with E-state index in [2.05, 4.69) is 10.2 Å². The van der Waals surface area contributed by atoms with Crippen LogP contribution in [-0.4, -0.2) is 69.1 Å². The molecule has 1 aliphatic heterocycles. The predicted molar refractivity (Wildman–Crippen MR) is 84.9 cm³/mol. The van der Waals surface area contributed by atoms with Crippen molar-refractivity contribution < 1.29 is 14.6 Å². The Morgan fingerprint density at radius 3 is 2.57 bits per heavy atom. The minimum atomic E-state index is -0.328.